The van der Waals surface area contributed by atoms with E-state index in [0.29, 0.717) is 5.56 Å². The van der Waals surface area contributed by atoms with E-state index in [2.05, 4.69) is 0 Å². The number of nitrogens with zero attached hydrogens (tertiary/aromatic N) is 2. The molecule has 2 aromatic rings. The van der Waals surface area contributed by atoms with Crippen LogP contribution in [-0.4, -0.2) is 27.1 Å². The summed E-state index contributed by atoms with van der Waals surface area (Å²) in [6.45, 7) is 6.70. The highest BCUT2D eigenvalue weighted by molar-refractivity contribution is 5.90. The maximum absolute atomic E-state index is 12.6. The number of benzene rings is 1. The molecule has 0 aliphatic rings. The predicted molar refractivity (Wildman–Crippen MR) is 88.0 cm³/mol. The molecule has 6 heteroatoms. The van der Waals surface area contributed by atoms with Gasteiger partial charge in [0.2, 0.25) is 6.04 Å². The molecule has 2 rings (SSSR count). The van der Waals surface area contributed by atoms with Crippen LogP contribution >= 0.6 is 0 Å². The molecule has 1 heterocycles. The first-order chi connectivity index (χ1) is 10.6. The van der Waals surface area contributed by atoms with Gasteiger partial charge in [0.15, 0.2) is 5.92 Å². The Morgan fingerprint density at radius 2 is 1.91 bits per heavy atom. The monoisotopic (exact) mass is 318 g/mol. The third kappa shape index (κ3) is 3.52. The van der Waals surface area contributed by atoms with Crippen molar-refractivity contribution in [2.75, 3.05) is 0 Å². The molecule has 1 aromatic carbocycles. The predicted octanol–water partition coefficient (Wildman–Crippen LogP) is 3.27. The van der Waals surface area contributed by atoms with E-state index in [9.17, 15) is 14.9 Å². The summed E-state index contributed by atoms with van der Waals surface area (Å²) in [5.74, 6) is -1.52. The number of carbonyl (C=O) groups is 1. The van der Waals surface area contributed by atoms with Crippen molar-refractivity contribution in [3.8, 4) is 0 Å². The van der Waals surface area contributed by atoms with Crippen molar-refractivity contribution in [1.29, 1.82) is 0 Å². The summed E-state index contributed by atoms with van der Waals surface area (Å²) in [6, 6.07) is 6.47. The number of aromatic nitrogens is 1. The third-order valence-corrected chi connectivity index (χ3v) is 3.74. The summed E-state index contributed by atoms with van der Waals surface area (Å²) in [4.78, 5) is 23.5. The van der Waals surface area contributed by atoms with Gasteiger partial charge in [-0.25, -0.2) is 0 Å². The van der Waals surface area contributed by atoms with Crippen LogP contribution in [-0.2, 0) is 16.6 Å². The zero-order valence-electron chi connectivity index (χ0n) is 14.1. The Kier molecular flexibility index (Phi) is 4.45. The molecule has 124 valence electrons. The standard InChI is InChI=1S/C17H22N2O4/c1-11(19(21)22)15(16(20)23-17(2,3)4)13-10-18(5)14-9-7-6-8-12(13)14/h6-11,15H,1-5H3/t11-,15-/m0/s1. The first-order valence-electron chi connectivity index (χ1n) is 7.52. The molecule has 2 atom stereocenters. The second kappa shape index (κ2) is 6.02. The van der Waals surface area contributed by atoms with Crippen molar-refractivity contribution in [3.63, 3.8) is 0 Å². The molecule has 0 unspecified atom stereocenters. The molecule has 0 saturated heterocycles. The summed E-state index contributed by atoms with van der Waals surface area (Å²) in [5, 5.41) is 12.2. The van der Waals surface area contributed by atoms with Gasteiger partial charge in [-0.15, -0.1) is 0 Å². The maximum Gasteiger partial charge on any atom is 0.321 e. The molecule has 23 heavy (non-hydrogen) atoms. The van der Waals surface area contributed by atoms with Gasteiger partial charge < -0.3 is 9.30 Å². The number of aryl methyl sites for hydroxylation is 1. The van der Waals surface area contributed by atoms with E-state index in [-0.39, 0.29) is 0 Å². The number of ether oxygens (including phenoxy) is 1. The minimum atomic E-state index is -1.07. The zero-order chi connectivity index (χ0) is 17.4. The van der Waals surface area contributed by atoms with Gasteiger partial charge in [-0.1, -0.05) is 18.2 Å². The summed E-state index contributed by atoms with van der Waals surface area (Å²) < 4.78 is 7.30. The Hall–Kier alpha value is -2.37. The largest absolute Gasteiger partial charge is 0.459 e. The number of rotatable bonds is 4. The van der Waals surface area contributed by atoms with Crippen molar-refractivity contribution in [2.24, 2.45) is 7.05 Å². The van der Waals surface area contributed by atoms with Gasteiger partial charge in [0.25, 0.3) is 0 Å². The average molecular weight is 318 g/mol. The maximum atomic E-state index is 12.6. The number of hydrogen-bond donors (Lipinski definition) is 0. The van der Waals surface area contributed by atoms with Crippen LogP contribution in [0, 0.1) is 10.1 Å². The molecule has 0 saturated carbocycles. The summed E-state index contributed by atoms with van der Waals surface area (Å²) in [6.07, 6.45) is 1.78. The molecule has 6 nitrogen and oxygen atoms in total. The number of hydrogen-bond acceptors (Lipinski definition) is 4. The fraction of sp³-hybridized carbons (Fsp3) is 0.471. The van der Waals surface area contributed by atoms with Gasteiger partial charge in [0.05, 0.1) is 0 Å². The first-order valence-corrected chi connectivity index (χ1v) is 7.52. The van der Waals surface area contributed by atoms with Crippen molar-refractivity contribution < 1.29 is 14.5 Å². The molecule has 0 spiro atoms. The molecule has 0 bridgehead atoms. The molecule has 0 fully saturated rings. The topological polar surface area (TPSA) is 74.4 Å². The number of para-hydroxylation sites is 1. The Labute approximate surface area is 135 Å². The molecular weight excluding hydrogens is 296 g/mol. The quantitative estimate of drug-likeness (QED) is 0.492. The van der Waals surface area contributed by atoms with Gasteiger partial charge in [0.1, 0.15) is 5.60 Å². The van der Waals surface area contributed by atoms with Crippen LogP contribution in [0.25, 0.3) is 10.9 Å². The van der Waals surface area contributed by atoms with Crippen LogP contribution in [0.2, 0.25) is 0 Å². The highest BCUT2D eigenvalue weighted by Crippen LogP contribution is 2.32. The van der Waals surface area contributed by atoms with E-state index in [4.69, 9.17) is 4.74 Å². The Morgan fingerprint density at radius 3 is 2.48 bits per heavy atom. The Morgan fingerprint density at radius 1 is 1.30 bits per heavy atom. The van der Waals surface area contributed by atoms with Crippen LogP contribution in [0.3, 0.4) is 0 Å². The minimum absolute atomic E-state index is 0.434. The fourth-order valence-electron chi connectivity index (χ4n) is 2.69. The lowest BCUT2D eigenvalue weighted by Gasteiger charge is -2.24. The normalized spacial score (nSPS) is 14.5. The third-order valence-electron chi connectivity index (χ3n) is 3.74. The van der Waals surface area contributed by atoms with E-state index < -0.39 is 28.5 Å². The van der Waals surface area contributed by atoms with Crippen LogP contribution < -0.4 is 0 Å². The van der Waals surface area contributed by atoms with E-state index in [0.717, 1.165) is 10.9 Å². The number of esters is 1. The van der Waals surface area contributed by atoms with Crippen molar-refractivity contribution in [3.05, 3.63) is 46.1 Å². The second-order valence-corrected chi connectivity index (χ2v) is 6.75. The lowest BCUT2D eigenvalue weighted by Crippen LogP contribution is -2.35. The lowest BCUT2D eigenvalue weighted by atomic mass is 9.92. The zero-order valence-corrected chi connectivity index (χ0v) is 14.1. The molecule has 0 aliphatic carbocycles. The van der Waals surface area contributed by atoms with Crippen LogP contribution in [0.1, 0.15) is 39.2 Å². The molecule has 0 aliphatic heterocycles. The average Bonchev–Trinajstić information content (AvgIpc) is 2.75. The molecular formula is C17H22N2O4. The molecule has 0 amide bonds. The number of fused-ring (bicyclic) bond motifs is 1. The minimum Gasteiger partial charge on any atom is -0.459 e. The summed E-state index contributed by atoms with van der Waals surface area (Å²) in [5.41, 5.74) is 0.851. The molecule has 0 N–H and O–H groups in total. The van der Waals surface area contributed by atoms with Gasteiger partial charge in [-0.3, -0.25) is 14.9 Å². The van der Waals surface area contributed by atoms with Crippen molar-refractivity contribution in [2.45, 2.75) is 45.3 Å². The SMILES string of the molecule is C[C@@H]([C@H](C(=O)OC(C)(C)C)c1cn(C)c2ccccc12)[N+](=O)[O-]. The first kappa shape index (κ1) is 17.0. The molecule has 0 radical (unpaired) electrons. The van der Waals surface area contributed by atoms with Gasteiger partial charge in [-0.05, 0) is 32.4 Å². The van der Waals surface area contributed by atoms with E-state index >= 15 is 0 Å². The summed E-state index contributed by atoms with van der Waals surface area (Å²) >= 11 is 0. The van der Waals surface area contributed by atoms with Crippen molar-refractivity contribution in [1.82, 2.24) is 4.57 Å². The van der Waals surface area contributed by atoms with Gasteiger partial charge in [-0.2, -0.15) is 0 Å². The Bertz CT molecular complexity index is 743. The smallest absolute Gasteiger partial charge is 0.321 e. The highest BCUT2D eigenvalue weighted by Gasteiger charge is 2.39. The van der Waals surface area contributed by atoms with Crippen LogP contribution in [0.4, 0.5) is 0 Å². The van der Waals surface area contributed by atoms with Gasteiger partial charge in [0, 0.05) is 36.0 Å². The summed E-state index contributed by atoms with van der Waals surface area (Å²) in [7, 11) is 1.86. The highest BCUT2D eigenvalue weighted by atomic mass is 16.6. The number of carbonyl (C=O) groups excluding carboxylic acids is 1. The van der Waals surface area contributed by atoms with Crippen LogP contribution in [0.5, 0.6) is 0 Å². The van der Waals surface area contributed by atoms with Crippen LogP contribution in [0.15, 0.2) is 30.5 Å². The lowest BCUT2D eigenvalue weighted by molar-refractivity contribution is -0.520. The second-order valence-electron chi connectivity index (χ2n) is 6.75. The van der Waals surface area contributed by atoms with E-state index in [1.165, 1.54) is 6.92 Å². The van der Waals surface area contributed by atoms with E-state index in [1.807, 2.05) is 35.9 Å². The van der Waals surface area contributed by atoms with Gasteiger partial charge >= 0.3 is 5.97 Å². The Balaban J connectivity index is 2.56. The number of nitro groups is 1. The van der Waals surface area contributed by atoms with E-state index in [1.54, 1.807) is 27.0 Å². The van der Waals surface area contributed by atoms with Crippen molar-refractivity contribution >= 4 is 16.9 Å². The fourth-order valence-corrected chi connectivity index (χ4v) is 2.69. The molecule has 1 aromatic heterocycles.